The summed E-state index contributed by atoms with van der Waals surface area (Å²) >= 11 is 0. The molecule has 0 spiro atoms. The smallest absolute Gasteiger partial charge is 0.129 e. The van der Waals surface area contributed by atoms with Gasteiger partial charge < -0.3 is 10.6 Å². The number of rotatable bonds is 2. The summed E-state index contributed by atoms with van der Waals surface area (Å²) < 4.78 is 26.4. The van der Waals surface area contributed by atoms with Crippen LogP contribution >= 0.6 is 0 Å². The molecule has 0 bridgehead atoms. The van der Waals surface area contributed by atoms with Gasteiger partial charge in [-0.25, -0.2) is 8.78 Å². The Labute approximate surface area is 87.7 Å². The molecule has 0 saturated carbocycles. The second-order valence-corrected chi connectivity index (χ2v) is 3.77. The number of hydrogen-bond donors (Lipinski definition) is 1. The molecule has 0 aromatic heterocycles. The molecule has 2 rings (SSSR count). The summed E-state index contributed by atoms with van der Waals surface area (Å²) in [4.78, 5) is 1.86. The van der Waals surface area contributed by atoms with Gasteiger partial charge in [-0.2, -0.15) is 0 Å². The zero-order chi connectivity index (χ0) is 10.8. The molecule has 1 aromatic rings. The van der Waals surface area contributed by atoms with Crippen LogP contribution in [0.15, 0.2) is 18.2 Å². The quantitative estimate of drug-likeness (QED) is 0.810. The van der Waals surface area contributed by atoms with E-state index in [1.165, 1.54) is 6.07 Å². The van der Waals surface area contributed by atoms with E-state index in [-0.39, 0.29) is 12.4 Å². The van der Waals surface area contributed by atoms with Gasteiger partial charge in [0.2, 0.25) is 0 Å². The summed E-state index contributed by atoms with van der Waals surface area (Å²) in [6, 6.07) is 4.81. The van der Waals surface area contributed by atoms with Crippen LogP contribution in [0.25, 0.3) is 0 Å². The number of anilines is 1. The van der Waals surface area contributed by atoms with Gasteiger partial charge in [-0.05, 0) is 18.6 Å². The topological polar surface area (TPSA) is 29.3 Å². The fourth-order valence-corrected chi connectivity index (χ4v) is 1.98. The van der Waals surface area contributed by atoms with E-state index in [4.69, 9.17) is 5.73 Å². The summed E-state index contributed by atoms with van der Waals surface area (Å²) in [6.07, 6.45) is -0.292. The summed E-state index contributed by atoms with van der Waals surface area (Å²) in [6.45, 7) is 1.13. The van der Waals surface area contributed by atoms with Gasteiger partial charge in [-0.3, -0.25) is 0 Å². The van der Waals surface area contributed by atoms with Gasteiger partial charge in [0.15, 0.2) is 0 Å². The normalized spacial score (nSPS) is 21.0. The Morgan fingerprint density at radius 1 is 1.47 bits per heavy atom. The summed E-state index contributed by atoms with van der Waals surface area (Å²) in [7, 11) is 0. The van der Waals surface area contributed by atoms with E-state index >= 15 is 0 Å². The molecule has 0 radical (unpaired) electrons. The summed E-state index contributed by atoms with van der Waals surface area (Å²) in [5.74, 6) is -0.308. The highest BCUT2D eigenvalue weighted by Crippen LogP contribution is 2.27. The van der Waals surface area contributed by atoms with Crippen molar-refractivity contribution in [3.63, 3.8) is 0 Å². The Balaban J connectivity index is 2.31. The van der Waals surface area contributed by atoms with Gasteiger partial charge in [0.05, 0.1) is 0 Å². The van der Waals surface area contributed by atoms with Crippen LogP contribution in [-0.2, 0) is 6.54 Å². The van der Waals surface area contributed by atoms with Crippen LogP contribution in [0.2, 0.25) is 0 Å². The lowest BCUT2D eigenvalue weighted by Gasteiger charge is -2.21. The molecule has 0 amide bonds. The van der Waals surface area contributed by atoms with E-state index in [2.05, 4.69) is 0 Å². The second kappa shape index (κ2) is 4.14. The lowest BCUT2D eigenvalue weighted by molar-refractivity contribution is 0.364. The molecule has 2 nitrogen and oxygen atoms in total. The monoisotopic (exact) mass is 212 g/mol. The van der Waals surface area contributed by atoms with Crippen molar-refractivity contribution in [3.8, 4) is 0 Å². The van der Waals surface area contributed by atoms with Gasteiger partial charge >= 0.3 is 0 Å². The standard InChI is InChI=1S/C11H14F2N2/c12-8-4-5-15(7-8)11-3-1-2-10(13)9(11)6-14/h1-3,8H,4-7,14H2. The molecule has 1 aromatic carbocycles. The minimum absolute atomic E-state index is 0.148. The van der Waals surface area contributed by atoms with Crippen molar-refractivity contribution < 1.29 is 8.78 Å². The second-order valence-electron chi connectivity index (χ2n) is 3.77. The van der Waals surface area contributed by atoms with Crippen molar-refractivity contribution in [1.82, 2.24) is 0 Å². The van der Waals surface area contributed by atoms with Crippen molar-refractivity contribution >= 4 is 5.69 Å². The fraction of sp³-hybridized carbons (Fsp3) is 0.455. The van der Waals surface area contributed by atoms with Gasteiger partial charge in [-0.15, -0.1) is 0 Å². The maximum Gasteiger partial charge on any atom is 0.129 e. The Morgan fingerprint density at radius 2 is 2.27 bits per heavy atom. The molecule has 1 aliphatic heterocycles. The average molecular weight is 212 g/mol. The highest BCUT2D eigenvalue weighted by Gasteiger charge is 2.24. The number of benzene rings is 1. The van der Waals surface area contributed by atoms with Crippen molar-refractivity contribution in [3.05, 3.63) is 29.6 Å². The third-order valence-corrected chi connectivity index (χ3v) is 2.77. The largest absolute Gasteiger partial charge is 0.368 e. The molecule has 1 atom stereocenters. The molecule has 82 valence electrons. The average Bonchev–Trinajstić information content (AvgIpc) is 2.64. The summed E-state index contributed by atoms with van der Waals surface area (Å²) in [5, 5.41) is 0. The number of nitrogens with two attached hydrogens (primary N) is 1. The van der Waals surface area contributed by atoms with Gasteiger partial charge in [0.25, 0.3) is 0 Å². The molecule has 1 fully saturated rings. The van der Waals surface area contributed by atoms with Crippen molar-refractivity contribution in [2.24, 2.45) is 5.73 Å². The molecule has 1 aliphatic rings. The minimum Gasteiger partial charge on any atom is -0.368 e. The summed E-state index contributed by atoms with van der Waals surface area (Å²) in [5.41, 5.74) is 6.71. The van der Waals surface area contributed by atoms with Crippen molar-refractivity contribution in [2.75, 3.05) is 18.0 Å². The molecule has 4 heteroatoms. The van der Waals surface area contributed by atoms with E-state index in [0.29, 0.717) is 25.1 Å². The molecular formula is C11H14F2N2. The predicted octanol–water partition coefficient (Wildman–Crippen LogP) is 1.83. The van der Waals surface area contributed by atoms with Gasteiger partial charge in [0, 0.05) is 30.9 Å². The van der Waals surface area contributed by atoms with Gasteiger partial charge in [0.1, 0.15) is 12.0 Å². The first kappa shape index (κ1) is 10.4. The molecule has 1 unspecified atom stereocenters. The number of halogens is 2. The molecular weight excluding hydrogens is 198 g/mol. The van der Waals surface area contributed by atoms with Crippen LogP contribution < -0.4 is 10.6 Å². The van der Waals surface area contributed by atoms with Gasteiger partial charge in [-0.1, -0.05) is 6.07 Å². The van der Waals surface area contributed by atoms with Crippen LogP contribution in [0.4, 0.5) is 14.5 Å². The number of alkyl halides is 1. The maximum atomic E-state index is 13.4. The van der Waals surface area contributed by atoms with Crippen LogP contribution in [0.3, 0.4) is 0 Å². The third kappa shape index (κ3) is 1.95. The van der Waals surface area contributed by atoms with Crippen LogP contribution in [0, 0.1) is 5.82 Å². The molecule has 1 heterocycles. The number of hydrogen-bond acceptors (Lipinski definition) is 2. The van der Waals surface area contributed by atoms with Crippen LogP contribution in [0.5, 0.6) is 0 Å². The maximum absolute atomic E-state index is 13.4. The zero-order valence-electron chi connectivity index (χ0n) is 8.42. The predicted molar refractivity (Wildman–Crippen MR) is 56.0 cm³/mol. The van der Waals surface area contributed by atoms with Crippen molar-refractivity contribution in [2.45, 2.75) is 19.1 Å². The Hall–Kier alpha value is -1.16. The van der Waals surface area contributed by atoms with E-state index in [0.717, 1.165) is 5.69 Å². The Morgan fingerprint density at radius 3 is 2.87 bits per heavy atom. The minimum atomic E-state index is -0.807. The zero-order valence-corrected chi connectivity index (χ0v) is 8.42. The molecule has 2 N–H and O–H groups in total. The molecule has 0 aliphatic carbocycles. The highest BCUT2D eigenvalue weighted by atomic mass is 19.1. The lowest BCUT2D eigenvalue weighted by Crippen LogP contribution is -2.22. The first-order valence-corrected chi connectivity index (χ1v) is 5.09. The number of nitrogens with zero attached hydrogens (tertiary/aromatic N) is 1. The van der Waals surface area contributed by atoms with Crippen molar-refractivity contribution in [1.29, 1.82) is 0 Å². The Kier molecular flexibility index (Phi) is 2.86. The third-order valence-electron chi connectivity index (χ3n) is 2.77. The van der Waals surface area contributed by atoms with E-state index in [1.54, 1.807) is 12.1 Å². The van der Waals surface area contributed by atoms with E-state index in [1.807, 2.05) is 4.90 Å². The SMILES string of the molecule is NCc1c(F)cccc1N1CCC(F)C1. The highest BCUT2D eigenvalue weighted by molar-refractivity contribution is 5.55. The first-order chi connectivity index (χ1) is 7.22. The van der Waals surface area contributed by atoms with E-state index in [9.17, 15) is 8.78 Å². The van der Waals surface area contributed by atoms with E-state index < -0.39 is 6.17 Å². The van der Waals surface area contributed by atoms with Crippen LogP contribution in [-0.4, -0.2) is 19.3 Å². The lowest BCUT2D eigenvalue weighted by atomic mass is 10.1. The first-order valence-electron chi connectivity index (χ1n) is 5.09. The molecule has 15 heavy (non-hydrogen) atoms. The van der Waals surface area contributed by atoms with Crippen LogP contribution in [0.1, 0.15) is 12.0 Å². The fourth-order valence-electron chi connectivity index (χ4n) is 1.98. The molecule has 1 saturated heterocycles. The Bertz CT molecular complexity index is 354.